The molecule has 0 atom stereocenters. The highest BCUT2D eigenvalue weighted by Gasteiger charge is 2.10. The molecular formula is C22H19ClN4O. The average molecular weight is 391 g/mol. The predicted molar refractivity (Wildman–Crippen MR) is 116 cm³/mol. The molecule has 0 saturated carbocycles. The number of aromatic nitrogens is 2. The minimum atomic E-state index is -0.347. The normalized spacial score (nSPS) is 10.8. The smallest absolute Gasteiger partial charge is 0.292 e. The van der Waals surface area contributed by atoms with Crippen LogP contribution in [0.25, 0.3) is 16.5 Å². The van der Waals surface area contributed by atoms with Crippen LogP contribution >= 0.6 is 11.6 Å². The van der Waals surface area contributed by atoms with Crippen molar-refractivity contribution in [3.63, 3.8) is 0 Å². The summed E-state index contributed by atoms with van der Waals surface area (Å²) in [6.45, 7) is 1.27. The largest absolute Gasteiger partial charge is 0.383 e. The van der Waals surface area contributed by atoms with Gasteiger partial charge in [0.2, 0.25) is 0 Å². The quantitative estimate of drug-likeness (QED) is 0.474. The average Bonchev–Trinajstić information content (AvgIpc) is 2.75. The van der Waals surface area contributed by atoms with Crippen LogP contribution in [-0.4, -0.2) is 22.9 Å². The Balaban J connectivity index is 1.43. The van der Waals surface area contributed by atoms with Gasteiger partial charge in [0.25, 0.3) is 5.56 Å². The van der Waals surface area contributed by atoms with Crippen molar-refractivity contribution < 1.29 is 0 Å². The Morgan fingerprint density at radius 2 is 1.50 bits per heavy atom. The lowest BCUT2D eigenvalue weighted by atomic mass is 10.1. The topological polar surface area (TPSA) is 59.0 Å². The molecule has 28 heavy (non-hydrogen) atoms. The molecule has 1 aromatic heterocycles. The van der Waals surface area contributed by atoms with Crippen LogP contribution in [0, 0.1) is 0 Å². The van der Waals surface area contributed by atoms with E-state index in [4.69, 9.17) is 11.6 Å². The Bertz CT molecular complexity index is 1150. The van der Waals surface area contributed by atoms with Crippen LogP contribution in [0.1, 0.15) is 0 Å². The molecular weight excluding hydrogens is 372 g/mol. The summed E-state index contributed by atoms with van der Waals surface area (Å²) < 4.78 is 1.29. The third-order valence-electron chi connectivity index (χ3n) is 4.47. The summed E-state index contributed by atoms with van der Waals surface area (Å²) in [5, 5.41) is 13.3. The van der Waals surface area contributed by atoms with E-state index >= 15 is 0 Å². The third kappa shape index (κ3) is 3.70. The maximum absolute atomic E-state index is 12.5. The molecule has 0 aliphatic rings. The lowest BCUT2D eigenvalue weighted by Gasteiger charge is -2.12. The first-order valence-electron chi connectivity index (χ1n) is 9.03. The van der Waals surface area contributed by atoms with Crippen molar-refractivity contribution in [3.8, 4) is 5.69 Å². The molecule has 0 amide bonds. The highest BCUT2D eigenvalue weighted by molar-refractivity contribution is 6.32. The van der Waals surface area contributed by atoms with E-state index in [1.54, 1.807) is 6.20 Å². The van der Waals surface area contributed by atoms with Crippen molar-refractivity contribution in [2.75, 3.05) is 23.7 Å². The molecule has 0 radical (unpaired) electrons. The molecule has 2 N–H and O–H groups in total. The van der Waals surface area contributed by atoms with Crippen LogP contribution in [-0.2, 0) is 0 Å². The molecule has 140 valence electrons. The molecule has 4 aromatic rings. The molecule has 4 rings (SSSR count). The summed E-state index contributed by atoms with van der Waals surface area (Å²) in [6.07, 6.45) is 1.58. The summed E-state index contributed by atoms with van der Waals surface area (Å²) in [5.74, 6) is 0. The highest BCUT2D eigenvalue weighted by Crippen LogP contribution is 2.22. The van der Waals surface area contributed by atoms with Gasteiger partial charge in [0.1, 0.15) is 5.02 Å². The lowest BCUT2D eigenvalue weighted by molar-refractivity contribution is 0.807. The Kier molecular flexibility index (Phi) is 5.26. The molecule has 1 heterocycles. The van der Waals surface area contributed by atoms with E-state index in [9.17, 15) is 4.79 Å². The zero-order valence-electron chi connectivity index (χ0n) is 15.1. The van der Waals surface area contributed by atoms with Gasteiger partial charge in [-0.3, -0.25) is 4.79 Å². The van der Waals surface area contributed by atoms with Gasteiger partial charge in [-0.25, -0.2) is 0 Å². The maximum Gasteiger partial charge on any atom is 0.292 e. The second-order valence-corrected chi connectivity index (χ2v) is 6.68. The molecule has 0 aliphatic heterocycles. The molecule has 0 unspecified atom stereocenters. The van der Waals surface area contributed by atoms with E-state index in [1.807, 2.05) is 48.5 Å². The number of halogens is 1. The van der Waals surface area contributed by atoms with Gasteiger partial charge in [-0.15, -0.1) is 0 Å². The van der Waals surface area contributed by atoms with Crippen molar-refractivity contribution in [3.05, 3.63) is 94.4 Å². The number of nitrogens with one attached hydrogen (secondary N) is 2. The second kappa shape index (κ2) is 8.15. The Morgan fingerprint density at radius 1 is 0.821 bits per heavy atom. The van der Waals surface area contributed by atoms with Crippen LogP contribution in [0.5, 0.6) is 0 Å². The fraction of sp³-hybridized carbons (Fsp3) is 0.0909. The van der Waals surface area contributed by atoms with Gasteiger partial charge in [-0.1, -0.05) is 66.2 Å². The second-order valence-electron chi connectivity index (χ2n) is 6.30. The zero-order valence-corrected chi connectivity index (χ0v) is 15.9. The van der Waals surface area contributed by atoms with Crippen LogP contribution in [0.15, 0.2) is 83.8 Å². The summed E-state index contributed by atoms with van der Waals surface area (Å²) in [7, 11) is 0. The lowest BCUT2D eigenvalue weighted by Crippen LogP contribution is -2.23. The number of hydrogen-bond acceptors (Lipinski definition) is 4. The maximum atomic E-state index is 12.5. The number of hydrogen-bond donors (Lipinski definition) is 2. The van der Waals surface area contributed by atoms with Crippen molar-refractivity contribution in [2.24, 2.45) is 0 Å². The van der Waals surface area contributed by atoms with Crippen LogP contribution < -0.4 is 16.2 Å². The van der Waals surface area contributed by atoms with Gasteiger partial charge in [-0.05, 0) is 23.6 Å². The summed E-state index contributed by atoms with van der Waals surface area (Å²) in [4.78, 5) is 12.5. The van der Waals surface area contributed by atoms with Gasteiger partial charge < -0.3 is 10.6 Å². The monoisotopic (exact) mass is 390 g/mol. The summed E-state index contributed by atoms with van der Waals surface area (Å²) in [6, 6.07) is 23.6. The van der Waals surface area contributed by atoms with E-state index in [-0.39, 0.29) is 10.6 Å². The van der Waals surface area contributed by atoms with Gasteiger partial charge in [-0.2, -0.15) is 9.78 Å². The van der Waals surface area contributed by atoms with Crippen molar-refractivity contribution in [2.45, 2.75) is 0 Å². The molecule has 0 aliphatic carbocycles. The zero-order chi connectivity index (χ0) is 19.3. The molecule has 0 fully saturated rings. The number of nitrogens with zero attached hydrogens (tertiary/aromatic N) is 2. The number of anilines is 2. The van der Waals surface area contributed by atoms with E-state index in [1.165, 1.54) is 15.5 Å². The Hall–Kier alpha value is -3.31. The fourth-order valence-electron chi connectivity index (χ4n) is 3.08. The molecule has 5 nitrogen and oxygen atoms in total. The van der Waals surface area contributed by atoms with Gasteiger partial charge in [0.05, 0.1) is 17.6 Å². The highest BCUT2D eigenvalue weighted by atomic mass is 35.5. The Morgan fingerprint density at radius 3 is 2.32 bits per heavy atom. The molecule has 0 spiro atoms. The standard InChI is InChI=1S/C22H19ClN4O/c23-21-20(15-26-27(22(21)28)17-9-2-1-3-10-17)25-14-13-24-19-12-6-8-16-7-4-5-11-18(16)19/h1-12,15,24-25H,13-14H2. The van der Waals surface area contributed by atoms with Crippen molar-refractivity contribution in [1.29, 1.82) is 0 Å². The fourth-order valence-corrected chi connectivity index (χ4v) is 3.28. The molecule has 0 bridgehead atoms. The molecule has 3 aromatic carbocycles. The van der Waals surface area contributed by atoms with Crippen molar-refractivity contribution in [1.82, 2.24) is 9.78 Å². The van der Waals surface area contributed by atoms with E-state index in [0.717, 1.165) is 5.69 Å². The number of benzene rings is 3. The van der Waals surface area contributed by atoms with E-state index in [0.29, 0.717) is 24.5 Å². The molecule has 6 heteroatoms. The minimum absolute atomic E-state index is 0.129. The Labute approximate surface area is 167 Å². The minimum Gasteiger partial charge on any atom is -0.383 e. The first-order valence-corrected chi connectivity index (χ1v) is 9.40. The van der Waals surface area contributed by atoms with Crippen LogP contribution in [0.3, 0.4) is 0 Å². The van der Waals surface area contributed by atoms with Gasteiger partial charge in [0, 0.05) is 24.2 Å². The number of fused-ring (bicyclic) bond motifs is 1. The predicted octanol–water partition coefficient (Wildman–Crippen LogP) is 4.56. The van der Waals surface area contributed by atoms with Crippen molar-refractivity contribution >= 4 is 33.7 Å². The van der Waals surface area contributed by atoms with Gasteiger partial charge >= 0.3 is 0 Å². The molecule has 0 saturated heterocycles. The summed E-state index contributed by atoms with van der Waals surface area (Å²) >= 11 is 6.27. The number of para-hydroxylation sites is 1. The number of rotatable bonds is 6. The first-order chi connectivity index (χ1) is 13.7. The first kappa shape index (κ1) is 18.1. The van der Waals surface area contributed by atoms with Gasteiger partial charge in [0.15, 0.2) is 0 Å². The van der Waals surface area contributed by atoms with Crippen LogP contribution in [0.4, 0.5) is 11.4 Å². The third-order valence-corrected chi connectivity index (χ3v) is 4.83. The van der Waals surface area contributed by atoms with E-state index < -0.39 is 0 Å². The SMILES string of the molecule is O=c1c(Cl)c(NCCNc2cccc3ccccc23)cnn1-c1ccccc1. The van der Waals surface area contributed by atoms with Crippen LogP contribution in [0.2, 0.25) is 5.02 Å². The van der Waals surface area contributed by atoms with E-state index in [2.05, 4.69) is 40.0 Å². The summed E-state index contributed by atoms with van der Waals surface area (Å²) in [5.41, 5.74) is 1.93.